The average Bonchev–Trinajstić information content (AvgIpc) is 2.42. The zero-order valence-corrected chi connectivity index (χ0v) is 12.3. The topological polar surface area (TPSA) is 42.2 Å². The Morgan fingerprint density at radius 1 is 1.47 bits per heavy atom. The first-order chi connectivity index (χ1) is 9.24. The summed E-state index contributed by atoms with van der Waals surface area (Å²) in [5, 5.41) is 0. The van der Waals surface area contributed by atoms with Crippen LogP contribution in [0, 0.1) is 0 Å². The molecule has 0 spiro atoms. The zero-order chi connectivity index (χ0) is 13.7. The van der Waals surface area contributed by atoms with Crippen LogP contribution in [0.25, 0.3) is 0 Å². The van der Waals surface area contributed by atoms with Crippen molar-refractivity contribution in [3.8, 4) is 0 Å². The third-order valence-corrected chi connectivity index (χ3v) is 4.18. The normalized spacial score (nSPS) is 24.1. The minimum atomic E-state index is 0.140. The molecule has 0 aromatic carbocycles. The number of hydrogen-bond acceptors (Lipinski definition) is 3. The number of hydrogen-bond donors (Lipinski definition) is 1. The Balaban J connectivity index is 2.22. The molecule has 1 aliphatic heterocycles. The fourth-order valence-corrected chi connectivity index (χ4v) is 3.38. The maximum atomic E-state index is 6.29. The standard InChI is InChI=1S/C16H27N3/c1-3-7-15-9-4-5-11-19(15)16(13(2)17)14-8-6-10-18-12-14/h6,8,10,12-13,15-16H,3-5,7,9,11,17H2,1-2H3. The van der Waals surface area contributed by atoms with E-state index in [0.29, 0.717) is 12.1 Å². The fraction of sp³-hybridized carbons (Fsp3) is 0.688. The van der Waals surface area contributed by atoms with E-state index in [1.165, 1.54) is 44.2 Å². The van der Waals surface area contributed by atoms with Gasteiger partial charge in [-0.05, 0) is 44.4 Å². The van der Waals surface area contributed by atoms with Gasteiger partial charge in [-0.25, -0.2) is 0 Å². The Hall–Kier alpha value is -0.930. The second-order valence-corrected chi connectivity index (χ2v) is 5.77. The molecule has 2 N–H and O–H groups in total. The van der Waals surface area contributed by atoms with Crippen molar-refractivity contribution in [1.29, 1.82) is 0 Å². The largest absolute Gasteiger partial charge is 0.326 e. The highest BCUT2D eigenvalue weighted by Gasteiger charge is 2.31. The van der Waals surface area contributed by atoms with E-state index in [1.807, 2.05) is 18.5 Å². The first-order valence-electron chi connectivity index (χ1n) is 7.65. The molecule has 0 amide bonds. The molecule has 1 saturated heterocycles. The Morgan fingerprint density at radius 3 is 2.95 bits per heavy atom. The summed E-state index contributed by atoms with van der Waals surface area (Å²) in [5.41, 5.74) is 7.55. The van der Waals surface area contributed by atoms with Crippen LogP contribution in [0.3, 0.4) is 0 Å². The van der Waals surface area contributed by atoms with Gasteiger partial charge in [0.15, 0.2) is 0 Å². The Morgan fingerprint density at radius 2 is 2.32 bits per heavy atom. The molecule has 1 fully saturated rings. The molecule has 3 atom stereocenters. The van der Waals surface area contributed by atoms with Crippen molar-refractivity contribution in [2.75, 3.05) is 6.54 Å². The Labute approximate surface area is 117 Å². The third kappa shape index (κ3) is 3.54. The van der Waals surface area contributed by atoms with Gasteiger partial charge in [-0.1, -0.05) is 25.8 Å². The maximum absolute atomic E-state index is 6.29. The number of nitrogens with zero attached hydrogens (tertiary/aromatic N) is 2. The summed E-state index contributed by atoms with van der Waals surface area (Å²) in [6, 6.07) is 5.32. The molecule has 106 valence electrons. The van der Waals surface area contributed by atoms with Gasteiger partial charge in [0.25, 0.3) is 0 Å². The van der Waals surface area contributed by atoms with Crippen molar-refractivity contribution in [2.24, 2.45) is 5.73 Å². The van der Waals surface area contributed by atoms with Crippen molar-refractivity contribution in [2.45, 2.75) is 64.1 Å². The monoisotopic (exact) mass is 261 g/mol. The van der Waals surface area contributed by atoms with Crippen LogP contribution in [-0.4, -0.2) is 28.5 Å². The summed E-state index contributed by atoms with van der Waals surface area (Å²) in [5.74, 6) is 0. The van der Waals surface area contributed by atoms with Gasteiger partial charge in [-0.15, -0.1) is 0 Å². The van der Waals surface area contributed by atoms with E-state index in [4.69, 9.17) is 5.73 Å². The van der Waals surface area contributed by atoms with Gasteiger partial charge < -0.3 is 5.73 Å². The van der Waals surface area contributed by atoms with E-state index in [2.05, 4.69) is 29.8 Å². The summed E-state index contributed by atoms with van der Waals surface area (Å²) in [7, 11) is 0. The minimum Gasteiger partial charge on any atom is -0.326 e. The van der Waals surface area contributed by atoms with E-state index in [9.17, 15) is 0 Å². The van der Waals surface area contributed by atoms with Crippen molar-refractivity contribution in [3.63, 3.8) is 0 Å². The summed E-state index contributed by atoms with van der Waals surface area (Å²) >= 11 is 0. The predicted molar refractivity (Wildman–Crippen MR) is 79.9 cm³/mol. The molecule has 1 aromatic rings. The summed E-state index contributed by atoms with van der Waals surface area (Å²) < 4.78 is 0. The quantitative estimate of drug-likeness (QED) is 0.885. The highest BCUT2D eigenvalue weighted by molar-refractivity contribution is 5.16. The number of pyridine rings is 1. The Bertz CT molecular complexity index is 362. The molecule has 3 heteroatoms. The van der Waals surface area contributed by atoms with Crippen LogP contribution in [-0.2, 0) is 0 Å². The molecule has 1 aromatic heterocycles. The summed E-state index contributed by atoms with van der Waals surface area (Å²) in [4.78, 5) is 6.91. The molecular formula is C16H27N3. The number of likely N-dealkylation sites (tertiary alicyclic amines) is 1. The number of aromatic nitrogens is 1. The minimum absolute atomic E-state index is 0.140. The molecule has 0 bridgehead atoms. The first-order valence-corrected chi connectivity index (χ1v) is 7.65. The lowest BCUT2D eigenvalue weighted by molar-refractivity contribution is 0.0762. The van der Waals surface area contributed by atoms with Crippen LogP contribution in [0.4, 0.5) is 0 Å². The second-order valence-electron chi connectivity index (χ2n) is 5.77. The lowest BCUT2D eigenvalue weighted by Gasteiger charge is -2.43. The number of piperidine rings is 1. The molecule has 2 heterocycles. The van der Waals surface area contributed by atoms with Crippen LogP contribution in [0.1, 0.15) is 57.6 Å². The number of rotatable bonds is 5. The maximum Gasteiger partial charge on any atom is 0.0514 e. The molecule has 2 rings (SSSR count). The van der Waals surface area contributed by atoms with Crippen LogP contribution in [0.5, 0.6) is 0 Å². The first kappa shape index (κ1) is 14.5. The van der Waals surface area contributed by atoms with Crippen LogP contribution < -0.4 is 5.73 Å². The Kier molecular flexibility index (Phi) is 5.34. The van der Waals surface area contributed by atoms with Gasteiger partial charge in [-0.3, -0.25) is 9.88 Å². The smallest absolute Gasteiger partial charge is 0.0514 e. The highest BCUT2D eigenvalue weighted by atomic mass is 15.2. The zero-order valence-electron chi connectivity index (χ0n) is 12.3. The SMILES string of the molecule is CCCC1CCCCN1C(c1cccnc1)C(C)N. The lowest BCUT2D eigenvalue weighted by Crippen LogP contribution is -2.47. The van der Waals surface area contributed by atoms with Gasteiger partial charge in [0.1, 0.15) is 0 Å². The van der Waals surface area contributed by atoms with Gasteiger partial charge in [-0.2, -0.15) is 0 Å². The van der Waals surface area contributed by atoms with Crippen LogP contribution in [0.2, 0.25) is 0 Å². The molecule has 19 heavy (non-hydrogen) atoms. The highest BCUT2D eigenvalue weighted by Crippen LogP contribution is 2.31. The van der Waals surface area contributed by atoms with Crippen molar-refractivity contribution in [1.82, 2.24) is 9.88 Å². The summed E-state index contributed by atoms with van der Waals surface area (Å²) in [6.45, 7) is 5.57. The fourth-order valence-electron chi connectivity index (χ4n) is 3.38. The van der Waals surface area contributed by atoms with Gasteiger partial charge in [0, 0.05) is 24.5 Å². The number of nitrogens with two attached hydrogens (primary N) is 1. The molecule has 0 radical (unpaired) electrons. The van der Waals surface area contributed by atoms with Gasteiger partial charge in [0.2, 0.25) is 0 Å². The molecule has 3 unspecified atom stereocenters. The van der Waals surface area contributed by atoms with Crippen molar-refractivity contribution >= 4 is 0 Å². The van der Waals surface area contributed by atoms with Crippen molar-refractivity contribution < 1.29 is 0 Å². The predicted octanol–water partition coefficient (Wildman–Crippen LogP) is 3.12. The lowest BCUT2D eigenvalue weighted by atomic mass is 9.91. The molecular weight excluding hydrogens is 234 g/mol. The summed E-state index contributed by atoms with van der Waals surface area (Å²) in [6.07, 6.45) is 10.3. The van der Waals surface area contributed by atoms with E-state index in [0.717, 1.165) is 0 Å². The van der Waals surface area contributed by atoms with Crippen LogP contribution in [0.15, 0.2) is 24.5 Å². The van der Waals surface area contributed by atoms with E-state index < -0.39 is 0 Å². The molecule has 1 aliphatic rings. The van der Waals surface area contributed by atoms with Gasteiger partial charge >= 0.3 is 0 Å². The van der Waals surface area contributed by atoms with E-state index in [-0.39, 0.29) is 6.04 Å². The van der Waals surface area contributed by atoms with Gasteiger partial charge in [0.05, 0.1) is 6.04 Å². The average molecular weight is 261 g/mol. The van der Waals surface area contributed by atoms with Crippen molar-refractivity contribution in [3.05, 3.63) is 30.1 Å². The second kappa shape index (κ2) is 7.01. The van der Waals surface area contributed by atoms with E-state index in [1.54, 1.807) is 0 Å². The molecule has 0 saturated carbocycles. The van der Waals surface area contributed by atoms with E-state index >= 15 is 0 Å². The molecule has 0 aliphatic carbocycles. The molecule has 3 nitrogen and oxygen atoms in total. The third-order valence-electron chi connectivity index (χ3n) is 4.18. The van der Waals surface area contributed by atoms with Crippen LogP contribution >= 0.6 is 0 Å².